The van der Waals surface area contributed by atoms with E-state index in [1.807, 2.05) is 33.7 Å². The summed E-state index contributed by atoms with van der Waals surface area (Å²) >= 11 is 1.55. The van der Waals surface area contributed by atoms with Gasteiger partial charge in [0.15, 0.2) is 0 Å². The Morgan fingerprint density at radius 1 is 1.21 bits per heavy atom. The maximum atomic E-state index is 12.8. The molecule has 1 saturated carbocycles. The SMILES string of the molecule is COc1ccc(C(=O)N(C)[C@H]2C[C@H]3CCN(C(=O)c4ccsc4)C[C@H]3C2)cn1. The standard InChI is InChI=1S/C21H25N3O3S/c1-23(20(25)15-3-4-19(27-2)22-11-15)18-9-14-5-7-24(12-17(14)10-18)21(26)16-6-8-28-13-16/h3-4,6,8,11,13-14,17-18H,5,7,9-10,12H2,1-2H3/t14-,17-,18+/m1/s1. The molecule has 0 N–H and O–H groups in total. The Morgan fingerprint density at radius 3 is 2.71 bits per heavy atom. The number of ether oxygens (including phenoxy) is 1. The molecule has 148 valence electrons. The first kappa shape index (κ1) is 18.9. The first-order valence-corrected chi connectivity index (χ1v) is 10.6. The highest BCUT2D eigenvalue weighted by Gasteiger charge is 2.41. The Kier molecular flexibility index (Phi) is 5.35. The van der Waals surface area contributed by atoms with Gasteiger partial charge < -0.3 is 14.5 Å². The average molecular weight is 400 g/mol. The lowest BCUT2D eigenvalue weighted by molar-refractivity contribution is 0.0625. The van der Waals surface area contributed by atoms with E-state index < -0.39 is 0 Å². The van der Waals surface area contributed by atoms with Gasteiger partial charge in [-0.2, -0.15) is 11.3 Å². The predicted octanol–water partition coefficient (Wildman–Crippen LogP) is 3.16. The highest BCUT2D eigenvalue weighted by molar-refractivity contribution is 7.08. The number of pyridine rings is 1. The molecule has 6 nitrogen and oxygen atoms in total. The van der Waals surface area contributed by atoms with E-state index in [1.165, 1.54) is 0 Å². The second kappa shape index (κ2) is 7.91. The number of hydrogen-bond acceptors (Lipinski definition) is 5. The number of aromatic nitrogens is 1. The minimum Gasteiger partial charge on any atom is -0.481 e. The molecule has 2 aromatic heterocycles. The van der Waals surface area contributed by atoms with Gasteiger partial charge in [-0.1, -0.05) is 0 Å². The summed E-state index contributed by atoms with van der Waals surface area (Å²) in [5.74, 6) is 1.68. The number of carbonyl (C=O) groups is 2. The van der Waals surface area contributed by atoms with Crippen molar-refractivity contribution in [3.63, 3.8) is 0 Å². The molecule has 3 heterocycles. The van der Waals surface area contributed by atoms with E-state index >= 15 is 0 Å². The van der Waals surface area contributed by atoms with E-state index in [0.29, 0.717) is 23.3 Å². The summed E-state index contributed by atoms with van der Waals surface area (Å²) in [4.78, 5) is 33.5. The fraction of sp³-hybridized carbons (Fsp3) is 0.476. The van der Waals surface area contributed by atoms with Crippen molar-refractivity contribution in [1.82, 2.24) is 14.8 Å². The summed E-state index contributed by atoms with van der Waals surface area (Å²) in [5.41, 5.74) is 1.37. The highest BCUT2D eigenvalue weighted by Crippen LogP contribution is 2.40. The summed E-state index contributed by atoms with van der Waals surface area (Å²) in [6.45, 7) is 1.60. The summed E-state index contributed by atoms with van der Waals surface area (Å²) in [7, 11) is 3.44. The van der Waals surface area contributed by atoms with Gasteiger partial charge in [-0.3, -0.25) is 9.59 Å². The lowest BCUT2D eigenvalue weighted by Gasteiger charge is -2.34. The Bertz CT molecular complexity index is 837. The van der Waals surface area contributed by atoms with Crippen molar-refractivity contribution >= 4 is 23.2 Å². The van der Waals surface area contributed by atoms with Crippen molar-refractivity contribution in [1.29, 1.82) is 0 Å². The van der Waals surface area contributed by atoms with Crippen LogP contribution in [0.3, 0.4) is 0 Å². The molecule has 2 fully saturated rings. The molecule has 0 bridgehead atoms. The van der Waals surface area contributed by atoms with Gasteiger partial charge in [0.05, 0.1) is 18.2 Å². The number of hydrogen-bond donors (Lipinski definition) is 0. The number of methoxy groups -OCH3 is 1. The number of piperidine rings is 1. The van der Waals surface area contributed by atoms with Crippen LogP contribution in [0.15, 0.2) is 35.2 Å². The lowest BCUT2D eigenvalue weighted by atomic mass is 9.88. The first-order valence-electron chi connectivity index (χ1n) is 9.65. The molecular formula is C21H25N3O3S. The number of amides is 2. The van der Waals surface area contributed by atoms with Crippen LogP contribution in [0.1, 0.15) is 40.0 Å². The molecule has 0 unspecified atom stereocenters. The maximum absolute atomic E-state index is 12.8. The molecule has 1 aliphatic carbocycles. The topological polar surface area (TPSA) is 62.7 Å². The minimum atomic E-state index is -0.00925. The average Bonchev–Trinajstić information content (AvgIpc) is 3.41. The third-order valence-electron chi connectivity index (χ3n) is 6.16. The minimum absolute atomic E-state index is 0.00925. The van der Waals surface area contributed by atoms with Crippen LogP contribution in [0.2, 0.25) is 0 Å². The van der Waals surface area contributed by atoms with Crippen LogP contribution in [0.5, 0.6) is 5.88 Å². The van der Waals surface area contributed by atoms with E-state index in [0.717, 1.165) is 37.9 Å². The summed E-state index contributed by atoms with van der Waals surface area (Å²) in [6, 6.07) is 5.57. The number of carbonyl (C=O) groups excluding carboxylic acids is 2. The van der Waals surface area contributed by atoms with Gasteiger partial charge in [0, 0.05) is 43.8 Å². The zero-order chi connectivity index (χ0) is 19.7. The Balaban J connectivity index is 1.39. The molecular weight excluding hydrogens is 374 g/mol. The van der Waals surface area contributed by atoms with Crippen LogP contribution in [0.25, 0.3) is 0 Å². The Morgan fingerprint density at radius 2 is 2.04 bits per heavy atom. The van der Waals surface area contributed by atoms with Crippen LogP contribution in [-0.2, 0) is 0 Å². The normalized spacial score (nSPS) is 23.9. The maximum Gasteiger partial charge on any atom is 0.255 e. The molecule has 28 heavy (non-hydrogen) atoms. The van der Waals surface area contributed by atoms with Gasteiger partial charge in [0.25, 0.3) is 11.8 Å². The lowest BCUT2D eigenvalue weighted by Crippen LogP contribution is -2.42. The third kappa shape index (κ3) is 3.63. The number of rotatable bonds is 4. The number of nitrogens with zero attached hydrogens (tertiary/aromatic N) is 3. The summed E-state index contributed by atoms with van der Waals surface area (Å²) in [6.07, 6.45) is 4.55. The van der Waals surface area contributed by atoms with Crippen molar-refractivity contribution in [3.05, 3.63) is 46.3 Å². The molecule has 2 aliphatic rings. The Labute approximate surface area is 169 Å². The molecule has 2 amide bonds. The zero-order valence-corrected chi connectivity index (χ0v) is 17.0. The van der Waals surface area contributed by atoms with Crippen LogP contribution >= 0.6 is 11.3 Å². The van der Waals surface area contributed by atoms with Gasteiger partial charge in [-0.25, -0.2) is 4.98 Å². The monoisotopic (exact) mass is 399 g/mol. The number of likely N-dealkylation sites (tertiary alicyclic amines) is 1. The second-order valence-electron chi connectivity index (χ2n) is 7.70. The van der Waals surface area contributed by atoms with E-state index in [9.17, 15) is 9.59 Å². The van der Waals surface area contributed by atoms with Crippen molar-refractivity contribution in [2.45, 2.75) is 25.3 Å². The van der Waals surface area contributed by atoms with Crippen molar-refractivity contribution in [3.8, 4) is 5.88 Å². The molecule has 1 saturated heterocycles. The van der Waals surface area contributed by atoms with Crippen molar-refractivity contribution in [2.75, 3.05) is 27.2 Å². The number of thiophene rings is 1. The third-order valence-corrected chi connectivity index (χ3v) is 6.84. The van der Waals surface area contributed by atoms with Crippen LogP contribution < -0.4 is 4.74 Å². The summed E-state index contributed by atoms with van der Waals surface area (Å²) in [5, 5.41) is 3.86. The molecule has 4 rings (SSSR count). The smallest absolute Gasteiger partial charge is 0.255 e. The quantitative estimate of drug-likeness (QED) is 0.792. The van der Waals surface area contributed by atoms with E-state index in [-0.39, 0.29) is 17.9 Å². The molecule has 0 radical (unpaired) electrons. The molecule has 0 spiro atoms. The van der Waals surface area contributed by atoms with Crippen LogP contribution in [0.4, 0.5) is 0 Å². The van der Waals surface area contributed by atoms with Crippen molar-refractivity contribution < 1.29 is 14.3 Å². The molecule has 7 heteroatoms. The van der Waals surface area contributed by atoms with Crippen LogP contribution in [-0.4, -0.2) is 59.9 Å². The summed E-state index contributed by atoms with van der Waals surface area (Å²) < 4.78 is 5.06. The van der Waals surface area contributed by atoms with Gasteiger partial charge in [0.1, 0.15) is 0 Å². The van der Waals surface area contributed by atoms with Gasteiger partial charge in [-0.05, 0) is 48.6 Å². The first-order chi connectivity index (χ1) is 13.6. The molecule has 1 aliphatic heterocycles. The predicted molar refractivity (Wildman–Crippen MR) is 108 cm³/mol. The fourth-order valence-electron chi connectivity index (χ4n) is 4.52. The van der Waals surface area contributed by atoms with Gasteiger partial charge in [0.2, 0.25) is 5.88 Å². The molecule has 3 atom stereocenters. The fourth-order valence-corrected chi connectivity index (χ4v) is 5.15. The second-order valence-corrected chi connectivity index (χ2v) is 8.48. The molecule has 0 aromatic carbocycles. The highest BCUT2D eigenvalue weighted by atomic mass is 32.1. The number of fused-ring (bicyclic) bond motifs is 1. The van der Waals surface area contributed by atoms with Crippen LogP contribution in [0, 0.1) is 11.8 Å². The van der Waals surface area contributed by atoms with Gasteiger partial charge in [-0.15, -0.1) is 0 Å². The van der Waals surface area contributed by atoms with E-state index in [4.69, 9.17) is 4.74 Å². The largest absolute Gasteiger partial charge is 0.481 e. The Hall–Kier alpha value is -2.41. The molecule has 2 aromatic rings. The van der Waals surface area contributed by atoms with E-state index in [1.54, 1.807) is 36.8 Å². The van der Waals surface area contributed by atoms with Gasteiger partial charge >= 0.3 is 0 Å². The zero-order valence-electron chi connectivity index (χ0n) is 16.2. The van der Waals surface area contributed by atoms with E-state index in [2.05, 4.69) is 4.98 Å². The van der Waals surface area contributed by atoms with Crippen molar-refractivity contribution in [2.24, 2.45) is 11.8 Å².